The minimum Gasteiger partial charge on any atom is -0.463 e. The third-order valence-corrected chi connectivity index (χ3v) is 9.04. The van der Waals surface area contributed by atoms with Gasteiger partial charge in [0.2, 0.25) is 5.91 Å². The molecule has 4 saturated carbocycles. The summed E-state index contributed by atoms with van der Waals surface area (Å²) < 4.78 is 5.58. The maximum atomic E-state index is 11.4. The van der Waals surface area contributed by atoms with Crippen LogP contribution in [0.2, 0.25) is 0 Å². The van der Waals surface area contributed by atoms with Crippen LogP contribution in [0, 0.1) is 34.5 Å². The molecule has 4 rings (SSSR count). The van der Waals surface area contributed by atoms with E-state index in [9.17, 15) is 9.59 Å². The average molecular weight is 389 g/mol. The molecule has 0 aromatic rings. The van der Waals surface area contributed by atoms with Crippen molar-refractivity contribution in [1.82, 2.24) is 5.43 Å². The zero-order chi connectivity index (χ0) is 20.1. The molecular formula is C23H36N2O3. The number of hydrazone groups is 1. The van der Waals surface area contributed by atoms with Crippen molar-refractivity contribution < 1.29 is 14.3 Å². The van der Waals surface area contributed by atoms with E-state index in [1.165, 1.54) is 58.1 Å². The third-order valence-electron chi connectivity index (χ3n) is 9.04. The van der Waals surface area contributed by atoms with Crippen LogP contribution >= 0.6 is 0 Å². The van der Waals surface area contributed by atoms with Crippen LogP contribution in [-0.2, 0) is 14.3 Å². The van der Waals surface area contributed by atoms with Gasteiger partial charge in [-0.25, -0.2) is 5.43 Å². The molecule has 5 nitrogen and oxygen atoms in total. The van der Waals surface area contributed by atoms with Crippen molar-refractivity contribution >= 4 is 17.6 Å². The van der Waals surface area contributed by atoms with Gasteiger partial charge in [-0.2, -0.15) is 5.10 Å². The zero-order valence-corrected chi connectivity index (χ0v) is 17.9. The number of ether oxygens (including phenoxy) is 1. The quantitative estimate of drug-likeness (QED) is 0.561. The van der Waals surface area contributed by atoms with E-state index in [0.717, 1.165) is 31.1 Å². The largest absolute Gasteiger partial charge is 0.463 e. The van der Waals surface area contributed by atoms with Gasteiger partial charge in [-0.3, -0.25) is 9.59 Å². The summed E-state index contributed by atoms with van der Waals surface area (Å²) in [5.41, 5.74) is 4.46. The number of nitrogens with one attached hydrogen (secondary N) is 1. The molecule has 156 valence electrons. The van der Waals surface area contributed by atoms with E-state index in [-0.39, 0.29) is 23.4 Å². The molecular weight excluding hydrogens is 352 g/mol. The third kappa shape index (κ3) is 3.19. The molecule has 4 aliphatic rings. The molecule has 0 aromatic heterocycles. The van der Waals surface area contributed by atoms with E-state index in [2.05, 4.69) is 24.4 Å². The van der Waals surface area contributed by atoms with E-state index in [4.69, 9.17) is 4.74 Å². The van der Waals surface area contributed by atoms with Crippen LogP contribution in [0.15, 0.2) is 5.10 Å². The Hall–Kier alpha value is -1.39. The van der Waals surface area contributed by atoms with Gasteiger partial charge in [0.15, 0.2) is 0 Å². The van der Waals surface area contributed by atoms with Crippen molar-refractivity contribution in [2.75, 3.05) is 0 Å². The zero-order valence-electron chi connectivity index (χ0n) is 17.9. The Morgan fingerprint density at radius 3 is 2.54 bits per heavy atom. The average Bonchev–Trinajstić information content (AvgIpc) is 2.96. The summed E-state index contributed by atoms with van der Waals surface area (Å²) in [6.45, 7) is 7.99. The molecule has 4 aliphatic carbocycles. The molecule has 0 aromatic carbocycles. The Balaban J connectivity index is 1.52. The molecule has 1 N–H and O–H groups in total. The first-order valence-electron chi connectivity index (χ1n) is 11.2. The summed E-state index contributed by atoms with van der Waals surface area (Å²) in [7, 11) is 0. The van der Waals surface area contributed by atoms with Crippen molar-refractivity contribution in [1.29, 1.82) is 0 Å². The number of esters is 1. The predicted molar refractivity (Wildman–Crippen MR) is 109 cm³/mol. The Morgan fingerprint density at radius 2 is 1.82 bits per heavy atom. The van der Waals surface area contributed by atoms with Gasteiger partial charge in [0.1, 0.15) is 6.10 Å². The summed E-state index contributed by atoms with van der Waals surface area (Å²) in [5, 5.41) is 4.52. The molecule has 28 heavy (non-hydrogen) atoms. The fourth-order valence-electron chi connectivity index (χ4n) is 7.68. The topological polar surface area (TPSA) is 67.8 Å². The van der Waals surface area contributed by atoms with Crippen molar-refractivity contribution in [3.8, 4) is 0 Å². The van der Waals surface area contributed by atoms with Gasteiger partial charge in [-0.15, -0.1) is 0 Å². The van der Waals surface area contributed by atoms with Crippen LogP contribution < -0.4 is 5.43 Å². The summed E-state index contributed by atoms with van der Waals surface area (Å²) in [6, 6.07) is 0. The highest BCUT2D eigenvalue weighted by molar-refractivity contribution is 5.93. The Bertz CT molecular complexity index is 689. The molecule has 0 bridgehead atoms. The number of hydrogen-bond acceptors (Lipinski definition) is 4. The molecule has 0 radical (unpaired) electrons. The first-order chi connectivity index (χ1) is 13.2. The van der Waals surface area contributed by atoms with Gasteiger partial charge in [-0.1, -0.05) is 13.8 Å². The van der Waals surface area contributed by atoms with Crippen molar-refractivity contribution in [2.24, 2.45) is 39.6 Å². The van der Waals surface area contributed by atoms with Gasteiger partial charge in [0, 0.05) is 25.0 Å². The smallest absolute Gasteiger partial charge is 0.302 e. The van der Waals surface area contributed by atoms with E-state index in [1.54, 1.807) is 0 Å². The van der Waals surface area contributed by atoms with E-state index in [0.29, 0.717) is 17.3 Å². The van der Waals surface area contributed by atoms with E-state index < -0.39 is 0 Å². The minimum atomic E-state index is -0.132. The minimum absolute atomic E-state index is 0.0780. The lowest BCUT2D eigenvalue weighted by Crippen LogP contribution is -2.54. The summed E-state index contributed by atoms with van der Waals surface area (Å²) in [5.74, 6) is 2.73. The normalized spacial score (nSPS) is 46.3. The second kappa shape index (κ2) is 7.14. The number of hydrogen-bond donors (Lipinski definition) is 1. The SMILES string of the molecule is CC(=O)N/N=C1/CC[C@@H]2[C@H]3CC[C@H]4C[C@@H](OC(C)=O)CC[C@]4(C)[C@@H]3CC[C@]12C. The molecule has 0 unspecified atom stereocenters. The van der Waals surface area contributed by atoms with E-state index in [1.807, 2.05) is 0 Å². The molecule has 0 heterocycles. The maximum Gasteiger partial charge on any atom is 0.302 e. The maximum absolute atomic E-state index is 11.4. The van der Waals surface area contributed by atoms with Crippen LogP contribution in [0.1, 0.15) is 85.5 Å². The molecule has 7 atom stereocenters. The highest BCUT2D eigenvalue weighted by atomic mass is 16.5. The second-order valence-corrected chi connectivity index (χ2v) is 10.4. The van der Waals surface area contributed by atoms with Crippen molar-refractivity contribution in [3.63, 3.8) is 0 Å². The number of amides is 1. The van der Waals surface area contributed by atoms with E-state index >= 15 is 0 Å². The Kier molecular flexibility index (Phi) is 5.08. The predicted octanol–water partition coefficient (Wildman–Crippen LogP) is 4.45. The first kappa shape index (κ1) is 19.9. The number of fused-ring (bicyclic) bond motifs is 5. The van der Waals surface area contributed by atoms with Crippen LogP contribution in [0.3, 0.4) is 0 Å². The van der Waals surface area contributed by atoms with Crippen LogP contribution in [0.5, 0.6) is 0 Å². The highest BCUT2D eigenvalue weighted by Gasteiger charge is 2.59. The number of nitrogens with zero attached hydrogens (tertiary/aromatic N) is 1. The molecule has 5 heteroatoms. The number of rotatable bonds is 2. The fourth-order valence-corrected chi connectivity index (χ4v) is 7.68. The molecule has 4 fully saturated rings. The van der Waals surface area contributed by atoms with Gasteiger partial charge in [0.25, 0.3) is 0 Å². The molecule has 0 saturated heterocycles. The summed E-state index contributed by atoms with van der Waals surface area (Å²) in [4.78, 5) is 22.7. The van der Waals surface area contributed by atoms with Crippen LogP contribution in [-0.4, -0.2) is 23.7 Å². The fraction of sp³-hybridized carbons (Fsp3) is 0.870. The van der Waals surface area contributed by atoms with Crippen molar-refractivity contribution in [3.05, 3.63) is 0 Å². The second-order valence-electron chi connectivity index (χ2n) is 10.4. The summed E-state index contributed by atoms with van der Waals surface area (Å²) in [6.07, 6.45) is 10.6. The monoisotopic (exact) mass is 388 g/mol. The van der Waals surface area contributed by atoms with Crippen molar-refractivity contribution in [2.45, 2.75) is 91.6 Å². The van der Waals surface area contributed by atoms with Crippen LogP contribution in [0.4, 0.5) is 0 Å². The molecule has 0 aliphatic heterocycles. The standard InChI is InChI=1S/C23H36N2O3/c1-14(26)24-25-21-8-7-19-18-6-5-16-13-17(28-15(2)27)9-11-22(16,3)20(18)10-12-23(19,21)4/h16-20H,5-13H2,1-4H3,(H,24,26)/b25-21-/t16-,17-,18+,19+,20+,22-,23-/m0/s1. The first-order valence-corrected chi connectivity index (χ1v) is 11.2. The van der Waals surface area contributed by atoms with Gasteiger partial charge >= 0.3 is 5.97 Å². The van der Waals surface area contributed by atoms with Crippen LogP contribution in [0.25, 0.3) is 0 Å². The Labute approximate surface area is 169 Å². The molecule has 0 spiro atoms. The summed E-state index contributed by atoms with van der Waals surface area (Å²) >= 11 is 0. The molecule has 1 amide bonds. The van der Waals surface area contributed by atoms with Gasteiger partial charge in [-0.05, 0) is 86.9 Å². The van der Waals surface area contributed by atoms with Gasteiger partial charge < -0.3 is 4.74 Å². The number of carbonyl (C=O) groups excluding carboxylic acids is 2. The number of carbonyl (C=O) groups is 2. The lowest BCUT2D eigenvalue weighted by molar-refractivity contribution is -0.158. The highest BCUT2D eigenvalue weighted by Crippen LogP contribution is 2.65. The van der Waals surface area contributed by atoms with Gasteiger partial charge in [0.05, 0.1) is 0 Å². The lowest BCUT2D eigenvalue weighted by atomic mass is 9.45. The Morgan fingerprint density at radius 1 is 1.04 bits per heavy atom. The lowest BCUT2D eigenvalue weighted by Gasteiger charge is -2.60.